The van der Waals surface area contributed by atoms with Gasteiger partial charge in [0.25, 0.3) is 0 Å². The molecule has 5 heteroatoms. The van der Waals surface area contributed by atoms with Crippen molar-refractivity contribution in [1.82, 2.24) is 0 Å². The Morgan fingerprint density at radius 2 is 1.32 bits per heavy atom. The molecule has 0 amide bonds. The van der Waals surface area contributed by atoms with Crippen molar-refractivity contribution in [2.45, 2.75) is 83.4 Å². The first-order valence-corrected chi connectivity index (χ1v) is 12.4. The first-order chi connectivity index (χ1) is 16.6. The van der Waals surface area contributed by atoms with Crippen LogP contribution in [0, 0.1) is 0 Å². The van der Waals surface area contributed by atoms with Gasteiger partial charge in [-0.3, -0.25) is 0 Å². The molecular weight excluding hydrogens is 428 g/mol. The summed E-state index contributed by atoms with van der Waals surface area (Å²) in [5, 5.41) is 10.7. The van der Waals surface area contributed by atoms with Crippen molar-refractivity contribution in [3.8, 4) is 11.5 Å². The molecule has 0 unspecified atom stereocenters. The predicted octanol–water partition coefficient (Wildman–Crippen LogP) is 6.47. The Balaban J connectivity index is 1.98. The monoisotopic (exact) mass is 470 g/mol. The van der Waals surface area contributed by atoms with E-state index in [1.54, 1.807) is 20.3 Å². The molecule has 188 valence electrons. The van der Waals surface area contributed by atoms with Crippen molar-refractivity contribution in [2.75, 3.05) is 14.2 Å². The molecule has 0 spiro atoms. The molecule has 2 aromatic rings. The summed E-state index contributed by atoms with van der Waals surface area (Å²) in [7, 11) is 3.30. The van der Waals surface area contributed by atoms with Crippen LogP contribution in [0.1, 0.15) is 63.0 Å². The van der Waals surface area contributed by atoms with E-state index in [4.69, 9.17) is 18.9 Å². The van der Waals surface area contributed by atoms with E-state index < -0.39 is 6.10 Å². The zero-order valence-electron chi connectivity index (χ0n) is 21.1. The minimum atomic E-state index is -0.436. The zero-order valence-corrected chi connectivity index (χ0v) is 21.1. The average molecular weight is 471 g/mol. The molecule has 0 aromatic heterocycles. The number of ether oxygens (including phenoxy) is 4. The van der Waals surface area contributed by atoms with Crippen LogP contribution >= 0.6 is 0 Å². The minimum absolute atomic E-state index is 0.302. The average Bonchev–Trinajstić information content (AvgIpc) is 2.87. The minimum Gasteiger partial charge on any atom is -0.497 e. The molecule has 1 N–H and O–H groups in total. The molecule has 2 rings (SSSR count). The van der Waals surface area contributed by atoms with Gasteiger partial charge in [0.15, 0.2) is 0 Å². The number of rotatable bonds is 18. The summed E-state index contributed by atoms with van der Waals surface area (Å²) >= 11 is 0. The van der Waals surface area contributed by atoms with E-state index in [1.807, 2.05) is 48.5 Å². The maximum atomic E-state index is 10.7. The number of methoxy groups -OCH3 is 2. The number of hydrogen-bond donors (Lipinski definition) is 1. The van der Waals surface area contributed by atoms with E-state index in [0.29, 0.717) is 19.6 Å². The van der Waals surface area contributed by atoms with E-state index in [1.165, 1.54) is 19.3 Å². The van der Waals surface area contributed by atoms with Gasteiger partial charge in [-0.05, 0) is 41.8 Å². The fraction of sp³-hybridized carbons (Fsp3) is 0.517. The quantitative estimate of drug-likeness (QED) is 0.200. The number of benzene rings is 2. The van der Waals surface area contributed by atoms with Crippen molar-refractivity contribution in [3.63, 3.8) is 0 Å². The molecule has 2 aromatic carbocycles. The first-order valence-electron chi connectivity index (χ1n) is 12.4. The van der Waals surface area contributed by atoms with Crippen LogP contribution in [0.4, 0.5) is 0 Å². The molecule has 0 heterocycles. The van der Waals surface area contributed by atoms with Crippen LogP contribution in [0.3, 0.4) is 0 Å². The number of unbranched alkanes of at least 4 members (excludes halogenated alkanes) is 4. The fourth-order valence-electron chi connectivity index (χ4n) is 3.83. The third-order valence-corrected chi connectivity index (χ3v) is 5.97. The molecule has 0 bridgehead atoms. The van der Waals surface area contributed by atoms with Gasteiger partial charge in [-0.25, -0.2) is 0 Å². The topological polar surface area (TPSA) is 57.2 Å². The lowest BCUT2D eigenvalue weighted by Gasteiger charge is -2.27. The van der Waals surface area contributed by atoms with Gasteiger partial charge in [-0.15, -0.1) is 6.58 Å². The lowest BCUT2D eigenvalue weighted by atomic mass is 10.0. The smallest absolute Gasteiger partial charge is 0.118 e. The van der Waals surface area contributed by atoms with Crippen LogP contribution in [-0.4, -0.2) is 37.6 Å². The van der Waals surface area contributed by atoms with Gasteiger partial charge in [0.05, 0.1) is 39.6 Å². The summed E-state index contributed by atoms with van der Waals surface area (Å²) in [6.07, 6.45) is 7.85. The maximum Gasteiger partial charge on any atom is 0.118 e. The third kappa shape index (κ3) is 10.3. The summed E-state index contributed by atoms with van der Waals surface area (Å²) in [6, 6.07) is 15.6. The summed E-state index contributed by atoms with van der Waals surface area (Å²) in [5.74, 6) is 1.62. The molecule has 0 radical (unpaired) electrons. The molecule has 5 nitrogen and oxygen atoms in total. The fourth-order valence-corrected chi connectivity index (χ4v) is 3.83. The molecule has 34 heavy (non-hydrogen) atoms. The molecule has 0 saturated heterocycles. The Kier molecular flexibility index (Phi) is 13.4. The highest BCUT2D eigenvalue weighted by Gasteiger charge is 2.24. The highest BCUT2D eigenvalue weighted by Crippen LogP contribution is 2.21. The second kappa shape index (κ2) is 16.3. The van der Waals surface area contributed by atoms with Gasteiger partial charge in [-0.1, -0.05) is 69.4 Å². The molecule has 0 aliphatic heterocycles. The first kappa shape index (κ1) is 27.9. The van der Waals surface area contributed by atoms with Crippen LogP contribution in [0.25, 0.3) is 0 Å². The van der Waals surface area contributed by atoms with Gasteiger partial charge in [0.1, 0.15) is 17.6 Å². The predicted molar refractivity (Wildman–Crippen MR) is 137 cm³/mol. The lowest BCUT2D eigenvalue weighted by molar-refractivity contribution is -0.0823. The molecular formula is C29H42O5. The van der Waals surface area contributed by atoms with Crippen molar-refractivity contribution in [2.24, 2.45) is 0 Å². The number of aliphatic hydroxyl groups excluding tert-OH is 1. The Morgan fingerprint density at radius 3 is 1.82 bits per heavy atom. The molecule has 0 aliphatic carbocycles. The second-order valence-corrected chi connectivity index (χ2v) is 8.65. The van der Waals surface area contributed by atoms with E-state index in [9.17, 15) is 5.11 Å². The second-order valence-electron chi connectivity index (χ2n) is 8.65. The van der Waals surface area contributed by atoms with Crippen molar-refractivity contribution in [1.29, 1.82) is 0 Å². The van der Waals surface area contributed by atoms with Crippen LogP contribution in [-0.2, 0) is 22.7 Å². The highest BCUT2D eigenvalue weighted by molar-refractivity contribution is 5.27. The SMILES string of the molecule is C=C[C@@H](OCc1ccc(OC)cc1)[C@H](C[C@@H](O)CCCCCCC)OCc1ccc(OC)cc1. The Hall–Kier alpha value is -2.34. The summed E-state index contributed by atoms with van der Waals surface area (Å²) in [4.78, 5) is 0. The normalized spacial score (nSPS) is 13.8. The molecule has 3 atom stereocenters. The number of hydrogen-bond acceptors (Lipinski definition) is 5. The molecule has 0 saturated carbocycles. The van der Waals surface area contributed by atoms with Gasteiger partial charge in [0.2, 0.25) is 0 Å². The third-order valence-electron chi connectivity index (χ3n) is 5.97. The van der Waals surface area contributed by atoms with Crippen LogP contribution in [0.15, 0.2) is 61.2 Å². The maximum absolute atomic E-state index is 10.7. The van der Waals surface area contributed by atoms with E-state index in [0.717, 1.165) is 41.9 Å². The number of aliphatic hydroxyl groups is 1. The standard InChI is InChI=1S/C29H42O5/c1-5-7-8-9-10-11-25(30)20-29(34-22-24-14-18-27(32-4)19-15-24)28(6-2)33-21-23-12-16-26(31-3)17-13-23/h6,12-19,25,28-30H,2,5,7-11,20-22H2,1,3-4H3/t25-,28+,29-/m0/s1. The Bertz CT molecular complexity index is 787. The summed E-state index contributed by atoms with van der Waals surface area (Å²) in [5.41, 5.74) is 2.08. The lowest BCUT2D eigenvalue weighted by Crippen LogP contribution is -2.33. The van der Waals surface area contributed by atoms with Gasteiger partial charge >= 0.3 is 0 Å². The zero-order chi connectivity index (χ0) is 24.6. The molecule has 0 aliphatic rings. The Labute approximate surface area is 205 Å². The van der Waals surface area contributed by atoms with Crippen LogP contribution in [0.2, 0.25) is 0 Å². The van der Waals surface area contributed by atoms with Gasteiger partial charge in [0, 0.05) is 6.42 Å². The van der Waals surface area contributed by atoms with Crippen molar-refractivity contribution < 1.29 is 24.1 Å². The van der Waals surface area contributed by atoms with E-state index >= 15 is 0 Å². The van der Waals surface area contributed by atoms with Crippen LogP contribution in [0.5, 0.6) is 11.5 Å². The highest BCUT2D eigenvalue weighted by atomic mass is 16.5. The van der Waals surface area contributed by atoms with Crippen LogP contribution < -0.4 is 9.47 Å². The summed E-state index contributed by atoms with van der Waals surface area (Å²) < 4.78 is 22.9. The van der Waals surface area contributed by atoms with Gasteiger partial charge < -0.3 is 24.1 Å². The molecule has 0 fully saturated rings. The van der Waals surface area contributed by atoms with E-state index in [2.05, 4.69) is 13.5 Å². The van der Waals surface area contributed by atoms with Gasteiger partial charge in [-0.2, -0.15) is 0 Å². The summed E-state index contributed by atoms with van der Waals surface area (Å²) in [6.45, 7) is 7.04. The Morgan fingerprint density at radius 1 is 0.794 bits per heavy atom. The van der Waals surface area contributed by atoms with E-state index in [-0.39, 0.29) is 12.2 Å². The largest absolute Gasteiger partial charge is 0.497 e. The van der Waals surface area contributed by atoms with Crippen molar-refractivity contribution >= 4 is 0 Å². The van der Waals surface area contributed by atoms with Crippen molar-refractivity contribution in [3.05, 3.63) is 72.3 Å².